The minimum absolute atomic E-state index is 0.158. The van der Waals surface area contributed by atoms with Crippen LogP contribution in [0.2, 0.25) is 0 Å². The number of aryl methyl sites for hydroxylation is 1. The number of hydrogen-bond acceptors (Lipinski definition) is 4. The second-order valence-electron chi connectivity index (χ2n) is 4.71. The number of aromatic nitrogens is 2. The lowest BCUT2D eigenvalue weighted by atomic mass is 10.1. The maximum atomic E-state index is 11.5. The largest absolute Gasteiger partial charge is 0.380 e. The minimum Gasteiger partial charge on any atom is -0.380 e. The molecule has 100 valence electrons. The third kappa shape index (κ3) is 2.68. The van der Waals surface area contributed by atoms with Crippen molar-refractivity contribution in [3.05, 3.63) is 27.9 Å². The van der Waals surface area contributed by atoms with E-state index in [-0.39, 0.29) is 11.7 Å². The molecule has 19 heavy (non-hydrogen) atoms. The highest BCUT2D eigenvalue weighted by molar-refractivity contribution is 9.10. The normalized spacial score (nSPS) is 11.0. The van der Waals surface area contributed by atoms with E-state index in [9.17, 15) is 4.79 Å². The van der Waals surface area contributed by atoms with E-state index in [1.54, 1.807) is 0 Å². The topological polar surface area (TPSA) is 80.9 Å². The molecule has 0 unspecified atom stereocenters. The standard InChI is InChI=1S/C13H15BrN4O/c1-6(2)16-11-8-5-9(14)7(3)4-10(8)17-18-12(11)13(15)19/h4-6H,1-3H3,(H2,15,19)(H,16,17). The molecule has 0 aliphatic carbocycles. The molecule has 1 heterocycles. The monoisotopic (exact) mass is 322 g/mol. The summed E-state index contributed by atoms with van der Waals surface area (Å²) in [4.78, 5) is 11.5. The van der Waals surface area contributed by atoms with Crippen molar-refractivity contribution in [3.8, 4) is 0 Å². The molecule has 1 aromatic carbocycles. The van der Waals surface area contributed by atoms with Gasteiger partial charge in [0.05, 0.1) is 11.2 Å². The first-order chi connectivity index (χ1) is 8.90. The number of benzene rings is 1. The summed E-state index contributed by atoms with van der Waals surface area (Å²) in [5, 5.41) is 12.0. The van der Waals surface area contributed by atoms with Crippen molar-refractivity contribution in [1.82, 2.24) is 10.2 Å². The summed E-state index contributed by atoms with van der Waals surface area (Å²) in [6.07, 6.45) is 0. The third-order valence-corrected chi connectivity index (χ3v) is 3.56. The number of halogens is 1. The molecule has 0 saturated carbocycles. The third-order valence-electron chi connectivity index (χ3n) is 2.71. The fraction of sp³-hybridized carbons (Fsp3) is 0.308. The zero-order valence-electron chi connectivity index (χ0n) is 11.0. The van der Waals surface area contributed by atoms with Crippen LogP contribution in [0.3, 0.4) is 0 Å². The van der Waals surface area contributed by atoms with Gasteiger partial charge in [0.25, 0.3) is 5.91 Å². The van der Waals surface area contributed by atoms with Gasteiger partial charge in [-0.25, -0.2) is 0 Å². The molecule has 1 amide bonds. The summed E-state index contributed by atoms with van der Waals surface area (Å²) in [6.45, 7) is 5.95. The van der Waals surface area contributed by atoms with E-state index in [1.807, 2.05) is 32.9 Å². The second kappa shape index (κ2) is 5.13. The Morgan fingerprint density at radius 3 is 2.63 bits per heavy atom. The molecule has 0 fully saturated rings. The van der Waals surface area contributed by atoms with Crippen LogP contribution in [0.1, 0.15) is 29.9 Å². The highest BCUT2D eigenvalue weighted by atomic mass is 79.9. The van der Waals surface area contributed by atoms with Crippen molar-refractivity contribution in [2.75, 3.05) is 5.32 Å². The van der Waals surface area contributed by atoms with Gasteiger partial charge in [0.15, 0.2) is 5.69 Å². The Hall–Kier alpha value is -1.69. The van der Waals surface area contributed by atoms with Gasteiger partial charge >= 0.3 is 0 Å². The number of nitrogens with two attached hydrogens (primary N) is 1. The lowest BCUT2D eigenvalue weighted by Crippen LogP contribution is -2.20. The molecule has 2 rings (SSSR count). The van der Waals surface area contributed by atoms with E-state index in [1.165, 1.54) is 0 Å². The SMILES string of the molecule is Cc1cc2nnc(C(N)=O)c(NC(C)C)c2cc1Br. The van der Waals surface area contributed by atoms with Crippen LogP contribution in [-0.4, -0.2) is 22.1 Å². The van der Waals surface area contributed by atoms with Crippen LogP contribution in [0.25, 0.3) is 10.9 Å². The number of rotatable bonds is 3. The lowest BCUT2D eigenvalue weighted by Gasteiger charge is -2.15. The van der Waals surface area contributed by atoms with E-state index in [0.717, 1.165) is 20.9 Å². The van der Waals surface area contributed by atoms with Crippen LogP contribution in [0.5, 0.6) is 0 Å². The second-order valence-corrected chi connectivity index (χ2v) is 5.56. The first-order valence-corrected chi connectivity index (χ1v) is 6.72. The molecule has 5 nitrogen and oxygen atoms in total. The van der Waals surface area contributed by atoms with Crippen molar-refractivity contribution in [1.29, 1.82) is 0 Å². The van der Waals surface area contributed by atoms with Gasteiger partial charge < -0.3 is 11.1 Å². The van der Waals surface area contributed by atoms with E-state index in [4.69, 9.17) is 5.73 Å². The molecule has 6 heteroatoms. The highest BCUT2D eigenvalue weighted by Gasteiger charge is 2.16. The van der Waals surface area contributed by atoms with Gasteiger partial charge in [-0.05, 0) is 38.5 Å². The first-order valence-electron chi connectivity index (χ1n) is 5.93. The molecule has 0 saturated heterocycles. The number of carbonyl (C=O) groups is 1. The molecule has 0 aliphatic rings. The first kappa shape index (κ1) is 13.7. The van der Waals surface area contributed by atoms with E-state index < -0.39 is 5.91 Å². The van der Waals surface area contributed by atoms with Crippen LogP contribution in [0.15, 0.2) is 16.6 Å². The van der Waals surface area contributed by atoms with Crippen molar-refractivity contribution in [3.63, 3.8) is 0 Å². The average Bonchev–Trinajstić information content (AvgIpc) is 2.30. The minimum atomic E-state index is -0.589. The summed E-state index contributed by atoms with van der Waals surface area (Å²) < 4.78 is 0.954. The van der Waals surface area contributed by atoms with Crippen molar-refractivity contribution in [2.24, 2.45) is 5.73 Å². The van der Waals surface area contributed by atoms with Crippen LogP contribution < -0.4 is 11.1 Å². The lowest BCUT2D eigenvalue weighted by molar-refractivity contribution is 0.0995. The number of amides is 1. The predicted octanol–water partition coefficient (Wildman–Crippen LogP) is 2.62. The molecule has 0 spiro atoms. The smallest absolute Gasteiger partial charge is 0.271 e. The Morgan fingerprint density at radius 1 is 1.37 bits per heavy atom. The fourth-order valence-corrected chi connectivity index (χ4v) is 2.18. The molecular formula is C13H15BrN4O. The highest BCUT2D eigenvalue weighted by Crippen LogP contribution is 2.29. The van der Waals surface area contributed by atoms with Gasteiger partial charge in [-0.15, -0.1) is 10.2 Å². The molecule has 1 aromatic heterocycles. The fourth-order valence-electron chi connectivity index (χ4n) is 1.84. The van der Waals surface area contributed by atoms with E-state index >= 15 is 0 Å². The number of nitrogens with one attached hydrogen (secondary N) is 1. The zero-order valence-corrected chi connectivity index (χ0v) is 12.6. The predicted molar refractivity (Wildman–Crippen MR) is 79.3 cm³/mol. The molecule has 2 aromatic rings. The van der Waals surface area contributed by atoms with Gasteiger partial charge in [0.2, 0.25) is 0 Å². The molecule has 3 N–H and O–H groups in total. The van der Waals surface area contributed by atoms with Crippen LogP contribution in [-0.2, 0) is 0 Å². The van der Waals surface area contributed by atoms with Crippen LogP contribution >= 0.6 is 15.9 Å². The van der Waals surface area contributed by atoms with Gasteiger partial charge in [0.1, 0.15) is 0 Å². The van der Waals surface area contributed by atoms with Gasteiger partial charge in [0, 0.05) is 15.9 Å². The summed E-state index contributed by atoms with van der Waals surface area (Å²) in [7, 11) is 0. The van der Waals surface area contributed by atoms with Crippen molar-refractivity contribution in [2.45, 2.75) is 26.8 Å². The van der Waals surface area contributed by atoms with E-state index in [0.29, 0.717) is 5.69 Å². The zero-order chi connectivity index (χ0) is 14.2. The van der Waals surface area contributed by atoms with Gasteiger partial charge in [-0.2, -0.15) is 0 Å². The average molecular weight is 323 g/mol. The number of primary amides is 1. The molecule has 0 atom stereocenters. The van der Waals surface area contributed by atoms with Crippen molar-refractivity contribution >= 4 is 38.4 Å². The van der Waals surface area contributed by atoms with E-state index in [2.05, 4.69) is 31.4 Å². The molecule has 0 radical (unpaired) electrons. The molecule has 0 bridgehead atoms. The Kier molecular flexibility index (Phi) is 3.71. The Labute approximate surface area is 119 Å². The summed E-state index contributed by atoms with van der Waals surface area (Å²) in [6, 6.07) is 4.00. The Morgan fingerprint density at radius 2 is 2.05 bits per heavy atom. The van der Waals surface area contributed by atoms with Crippen molar-refractivity contribution < 1.29 is 4.79 Å². The quantitative estimate of drug-likeness (QED) is 0.910. The maximum Gasteiger partial charge on any atom is 0.271 e. The summed E-state index contributed by atoms with van der Waals surface area (Å²) in [5.41, 5.74) is 7.94. The maximum absolute atomic E-state index is 11.5. The Bertz CT molecular complexity index is 655. The number of hydrogen-bond donors (Lipinski definition) is 2. The Balaban J connectivity index is 2.78. The number of anilines is 1. The van der Waals surface area contributed by atoms with Crippen LogP contribution in [0, 0.1) is 6.92 Å². The summed E-state index contributed by atoms with van der Waals surface area (Å²) >= 11 is 3.49. The number of carbonyl (C=O) groups excluding carboxylic acids is 1. The molecule has 0 aliphatic heterocycles. The summed E-state index contributed by atoms with van der Waals surface area (Å²) in [5.74, 6) is -0.589. The van der Waals surface area contributed by atoms with Crippen LogP contribution in [0.4, 0.5) is 5.69 Å². The van der Waals surface area contributed by atoms with Gasteiger partial charge in [-0.1, -0.05) is 15.9 Å². The molecular weight excluding hydrogens is 308 g/mol. The number of fused-ring (bicyclic) bond motifs is 1. The number of nitrogens with zero attached hydrogens (tertiary/aromatic N) is 2. The van der Waals surface area contributed by atoms with Gasteiger partial charge in [-0.3, -0.25) is 4.79 Å².